The topological polar surface area (TPSA) is 107 Å². The molecule has 0 atom stereocenters. The van der Waals surface area contributed by atoms with Crippen LogP contribution in [-0.4, -0.2) is 21.1 Å². The van der Waals surface area contributed by atoms with E-state index in [0.717, 1.165) is 0 Å². The van der Waals surface area contributed by atoms with Crippen molar-refractivity contribution in [1.29, 1.82) is 0 Å². The Balaban J connectivity index is 2.79. The van der Waals surface area contributed by atoms with Crippen molar-refractivity contribution in [2.24, 2.45) is 0 Å². The molecule has 0 aliphatic heterocycles. The standard InChI is InChI=1S/C8H8N2O5/c11-7-3-1-6(2-4-7)5-8(9(12)13)10(14)15/h1-4,8,11H,5H2. The van der Waals surface area contributed by atoms with E-state index in [2.05, 4.69) is 0 Å². The first kappa shape index (κ1) is 10.9. The first-order valence-electron chi connectivity index (χ1n) is 4.05. The predicted molar refractivity (Wildman–Crippen MR) is 49.6 cm³/mol. The number of benzene rings is 1. The number of nitrogens with zero attached hydrogens (tertiary/aromatic N) is 2. The van der Waals surface area contributed by atoms with E-state index < -0.39 is 16.0 Å². The zero-order valence-electron chi connectivity index (χ0n) is 7.57. The molecule has 0 radical (unpaired) electrons. The van der Waals surface area contributed by atoms with Gasteiger partial charge in [-0.05, 0) is 17.7 Å². The molecule has 0 bridgehead atoms. The number of phenols is 1. The van der Waals surface area contributed by atoms with Gasteiger partial charge in [-0.15, -0.1) is 0 Å². The summed E-state index contributed by atoms with van der Waals surface area (Å²) >= 11 is 0. The lowest BCUT2D eigenvalue weighted by Gasteiger charge is -2.02. The quantitative estimate of drug-likeness (QED) is 0.451. The molecule has 1 rings (SSSR count). The summed E-state index contributed by atoms with van der Waals surface area (Å²) in [5, 5.41) is 29.6. The second-order valence-electron chi connectivity index (χ2n) is 2.92. The van der Waals surface area contributed by atoms with Crippen LogP contribution in [0.1, 0.15) is 5.56 Å². The number of hydrogen-bond acceptors (Lipinski definition) is 5. The number of rotatable bonds is 4. The lowest BCUT2D eigenvalue weighted by Crippen LogP contribution is -2.30. The second kappa shape index (κ2) is 4.36. The van der Waals surface area contributed by atoms with Crippen molar-refractivity contribution >= 4 is 0 Å². The van der Waals surface area contributed by atoms with Gasteiger partial charge in [-0.2, -0.15) is 0 Å². The van der Waals surface area contributed by atoms with Gasteiger partial charge in [0, 0.05) is 0 Å². The summed E-state index contributed by atoms with van der Waals surface area (Å²) in [5.74, 6) is 0.0116. The molecule has 0 unspecified atom stereocenters. The molecule has 0 aliphatic carbocycles. The molecule has 0 fully saturated rings. The van der Waals surface area contributed by atoms with Crippen LogP contribution in [0, 0.1) is 20.2 Å². The molecule has 80 valence electrons. The average Bonchev–Trinajstić information content (AvgIpc) is 2.15. The molecule has 0 saturated carbocycles. The predicted octanol–water partition coefficient (Wildman–Crippen LogP) is 0.814. The summed E-state index contributed by atoms with van der Waals surface area (Å²) in [5.41, 5.74) is 0.436. The molecular weight excluding hydrogens is 204 g/mol. The van der Waals surface area contributed by atoms with Crippen LogP contribution in [-0.2, 0) is 6.42 Å². The fourth-order valence-corrected chi connectivity index (χ4v) is 1.07. The molecule has 0 saturated heterocycles. The highest BCUT2D eigenvalue weighted by Crippen LogP contribution is 2.12. The van der Waals surface area contributed by atoms with Crippen LogP contribution in [0.2, 0.25) is 0 Å². The van der Waals surface area contributed by atoms with Crippen LogP contribution < -0.4 is 0 Å². The first-order valence-corrected chi connectivity index (χ1v) is 4.05. The van der Waals surface area contributed by atoms with Gasteiger partial charge < -0.3 is 5.11 Å². The first-order chi connectivity index (χ1) is 7.00. The molecule has 0 aromatic heterocycles. The highest BCUT2D eigenvalue weighted by Gasteiger charge is 2.31. The van der Waals surface area contributed by atoms with Crippen LogP contribution >= 0.6 is 0 Å². The van der Waals surface area contributed by atoms with Crippen molar-refractivity contribution in [1.82, 2.24) is 0 Å². The molecule has 1 aromatic rings. The molecule has 1 N–H and O–H groups in total. The third-order valence-corrected chi connectivity index (χ3v) is 1.84. The Bertz CT molecular complexity index is 361. The minimum Gasteiger partial charge on any atom is -0.508 e. The zero-order valence-corrected chi connectivity index (χ0v) is 7.57. The molecule has 0 aliphatic rings. The summed E-state index contributed by atoms with van der Waals surface area (Å²) in [7, 11) is 0. The van der Waals surface area contributed by atoms with Crippen LogP contribution in [0.15, 0.2) is 24.3 Å². The van der Waals surface area contributed by atoms with Crippen molar-refractivity contribution in [2.45, 2.75) is 12.6 Å². The molecule has 7 nitrogen and oxygen atoms in total. The van der Waals surface area contributed by atoms with Gasteiger partial charge in [0.05, 0.1) is 9.85 Å². The Kier molecular flexibility index (Phi) is 3.17. The normalized spacial score (nSPS) is 10.2. The van der Waals surface area contributed by atoms with Crippen molar-refractivity contribution in [3.8, 4) is 5.75 Å². The highest BCUT2D eigenvalue weighted by molar-refractivity contribution is 5.26. The van der Waals surface area contributed by atoms with Gasteiger partial charge in [0.2, 0.25) is 0 Å². The maximum atomic E-state index is 10.3. The van der Waals surface area contributed by atoms with Gasteiger partial charge >= 0.3 is 6.17 Å². The maximum Gasteiger partial charge on any atom is 0.454 e. The lowest BCUT2D eigenvalue weighted by atomic mass is 10.1. The monoisotopic (exact) mass is 212 g/mol. The molecule has 0 heterocycles. The molecular formula is C8H8N2O5. The Morgan fingerprint density at radius 1 is 1.13 bits per heavy atom. The van der Waals surface area contributed by atoms with Crippen molar-refractivity contribution in [2.75, 3.05) is 0 Å². The van der Waals surface area contributed by atoms with Crippen molar-refractivity contribution in [3.05, 3.63) is 50.1 Å². The summed E-state index contributed by atoms with van der Waals surface area (Å²) in [6.45, 7) is 0. The third kappa shape index (κ3) is 2.90. The van der Waals surface area contributed by atoms with Crippen LogP contribution in [0.5, 0.6) is 5.75 Å². The molecule has 15 heavy (non-hydrogen) atoms. The Morgan fingerprint density at radius 3 is 2.00 bits per heavy atom. The number of aromatic hydroxyl groups is 1. The Hall–Kier alpha value is -2.18. The molecule has 1 aromatic carbocycles. The maximum absolute atomic E-state index is 10.3. The van der Waals surface area contributed by atoms with Crippen LogP contribution in [0.4, 0.5) is 0 Å². The third-order valence-electron chi connectivity index (χ3n) is 1.84. The zero-order chi connectivity index (χ0) is 11.4. The van der Waals surface area contributed by atoms with Gasteiger partial charge in [0.15, 0.2) is 0 Å². The minimum absolute atomic E-state index is 0.0116. The van der Waals surface area contributed by atoms with E-state index in [1.165, 1.54) is 24.3 Å². The molecule has 0 amide bonds. The van der Waals surface area contributed by atoms with E-state index in [1.54, 1.807) is 0 Å². The number of nitro groups is 2. The van der Waals surface area contributed by atoms with Crippen molar-refractivity contribution < 1.29 is 15.0 Å². The van der Waals surface area contributed by atoms with Crippen LogP contribution in [0.3, 0.4) is 0 Å². The average molecular weight is 212 g/mol. The van der Waals surface area contributed by atoms with Crippen molar-refractivity contribution in [3.63, 3.8) is 0 Å². The van der Waals surface area contributed by atoms with Gasteiger partial charge in [-0.1, -0.05) is 12.1 Å². The molecule has 7 heteroatoms. The lowest BCUT2D eigenvalue weighted by molar-refractivity contribution is -0.741. The number of hydrogen-bond donors (Lipinski definition) is 1. The van der Waals surface area contributed by atoms with Gasteiger partial charge in [-0.25, -0.2) is 0 Å². The minimum atomic E-state index is -1.84. The highest BCUT2D eigenvalue weighted by atomic mass is 16.7. The van der Waals surface area contributed by atoms with E-state index in [0.29, 0.717) is 5.56 Å². The van der Waals surface area contributed by atoms with E-state index >= 15 is 0 Å². The summed E-state index contributed by atoms with van der Waals surface area (Å²) in [6.07, 6.45) is -2.13. The smallest absolute Gasteiger partial charge is 0.454 e. The summed E-state index contributed by atoms with van der Waals surface area (Å²) < 4.78 is 0. The molecule has 0 spiro atoms. The fourth-order valence-electron chi connectivity index (χ4n) is 1.07. The van der Waals surface area contributed by atoms with E-state index in [1.807, 2.05) is 0 Å². The van der Waals surface area contributed by atoms with E-state index in [9.17, 15) is 20.2 Å². The Labute approximate surface area is 84.3 Å². The fraction of sp³-hybridized carbons (Fsp3) is 0.250. The summed E-state index contributed by atoms with van der Waals surface area (Å²) in [4.78, 5) is 18.8. The second-order valence-corrected chi connectivity index (χ2v) is 2.92. The largest absolute Gasteiger partial charge is 0.508 e. The SMILES string of the molecule is O=[N+]([O-])C(Cc1ccc(O)cc1)[N+](=O)[O-]. The van der Waals surface area contributed by atoms with Gasteiger partial charge in [-0.3, -0.25) is 20.2 Å². The Morgan fingerprint density at radius 2 is 1.60 bits per heavy atom. The van der Waals surface area contributed by atoms with E-state index in [4.69, 9.17) is 5.11 Å². The van der Waals surface area contributed by atoms with Gasteiger partial charge in [0.25, 0.3) is 0 Å². The van der Waals surface area contributed by atoms with E-state index in [-0.39, 0.29) is 12.2 Å². The number of phenolic OH excluding ortho intramolecular Hbond substituents is 1. The van der Waals surface area contributed by atoms with Gasteiger partial charge in [0.1, 0.15) is 12.2 Å². The summed E-state index contributed by atoms with van der Waals surface area (Å²) in [6, 6.07) is 5.48. The van der Waals surface area contributed by atoms with Crippen LogP contribution in [0.25, 0.3) is 0 Å².